The molecular formula is C17H25NO4S. The van der Waals surface area contributed by atoms with Crippen molar-refractivity contribution in [2.24, 2.45) is 11.7 Å². The Bertz CT molecular complexity index is 529. The number of carbonyl (C=O) groups is 2. The molecule has 2 aliphatic rings. The molecule has 2 rings (SSSR count). The van der Waals surface area contributed by atoms with Crippen LogP contribution in [0.3, 0.4) is 0 Å². The van der Waals surface area contributed by atoms with Crippen molar-refractivity contribution in [1.29, 1.82) is 0 Å². The maximum absolute atomic E-state index is 12.2. The highest BCUT2D eigenvalue weighted by molar-refractivity contribution is 8.00. The van der Waals surface area contributed by atoms with E-state index in [1.165, 1.54) is 22.9 Å². The summed E-state index contributed by atoms with van der Waals surface area (Å²) in [4.78, 5) is 23.1. The Morgan fingerprint density at radius 1 is 1.43 bits per heavy atom. The molecule has 5 nitrogen and oxygen atoms in total. The van der Waals surface area contributed by atoms with E-state index in [4.69, 9.17) is 15.6 Å². The third-order valence-electron chi connectivity index (χ3n) is 4.42. The van der Waals surface area contributed by atoms with Gasteiger partial charge >= 0.3 is 11.9 Å². The van der Waals surface area contributed by atoms with E-state index < -0.39 is 12.0 Å². The van der Waals surface area contributed by atoms with E-state index in [1.54, 1.807) is 0 Å². The molecule has 0 bridgehead atoms. The van der Waals surface area contributed by atoms with E-state index >= 15 is 0 Å². The summed E-state index contributed by atoms with van der Waals surface area (Å²) in [5.41, 5.74) is 8.13. The largest absolute Gasteiger partial charge is 0.480 e. The Morgan fingerprint density at radius 2 is 2.17 bits per heavy atom. The number of rotatable bonds is 4. The van der Waals surface area contributed by atoms with E-state index in [9.17, 15) is 9.59 Å². The topological polar surface area (TPSA) is 89.6 Å². The maximum Gasteiger partial charge on any atom is 0.321 e. The number of carboxylic acids is 1. The minimum Gasteiger partial charge on any atom is -0.480 e. The first-order valence-electron chi connectivity index (χ1n) is 8.02. The minimum atomic E-state index is -1.04. The molecule has 23 heavy (non-hydrogen) atoms. The summed E-state index contributed by atoms with van der Waals surface area (Å²) in [6.45, 7) is 4.19. The minimum absolute atomic E-state index is 0.0740. The van der Waals surface area contributed by atoms with Crippen LogP contribution in [-0.2, 0) is 14.3 Å². The Hall–Kier alpha value is -1.27. The summed E-state index contributed by atoms with van der Waals surface area (Å²) in [6.07, 6.45) is 7.92. The molecular weight excluding hydrogens is 314 g/mol. The molecule has 0 unspecified atom stereocenters. The molecule has 0 saturated carbocycles. The first-order chi connectivity index (χ1) is 10.9. The second-order valence-corrected chi connectivity index (χ2v) is 7.58. The predicted octanol–water partition coefficient (Wildman–Crippen LogP) is 2.51. The molecule has 128 valence electrons. The second-order valence-electron chi connectivity index (χ2n) is 6.40. The lowest BCUT2D eigenvalue weighted by atomic mass is 9.90. The summed E-state index contributed by atoms with van der Waals surface area (Å²) in [6, 6.07) is -0.953. The SMILES string of the molecule is C/C1=C\[C@H]2OC(=O)[C@@H](SC[C@@H](N)C(=O)O)[C@@H]2CC/C(C)=C/CC1. The smallest absolute Gasteiger partial charge is 0.321 e. The highest BCUT2D eigenvalue weighted by atomic mass is 32.2. The van der Waals surface area contributed by atoms with Crippen LogP contribution in [0, 0.1) is 5.92 Å². The number of thioether (sulfide) groups is 1. The van der Waals surface area contributed by atoms with Gasteiger partial charge in [-0.2, -0.15) is 0 Å². The predicted molar refractivity (Wildman–Crippen MR) is 91.2 cm³/mol. The van der Waals surface area contributed by atoms with Gasteiger partial charge in [0.15, 0.2) is 0 Å². The summed E-state index contributed by atoms with van der Waals surface area (Å²) >= 11 is 1.32. The van der Waals surface area contributed by atoms with Crippen LogP contribution in [0.4, 0.5) is 0 Å². The van der Waals surface area contributed by atoms with E-state index in [2.05, 4.69) is 26.0 Å². The molecule has 3 N–H and O–H groups in total. The van der Waals surface area contributed by atoms with E-state index in [0.29, 0.717) is 0 Å². The quantitative estimate of drug-likeness (QED) is 0.604. The lowest BCUT2D eigenvalue weighted by Gasteiger charge is -2.21. The molecule has 0 aromatic heterocycles. The standard InChI is InChI=1S/C17H25NO4S/c1-10-4-3-5-11(2)8-14-12(7-6-10)15(17(21)22-14)23-9-13(18)16(19)20/h4,8,12-15H,3,5-7,9,18H2,1-2H3,(H,19,20)/b10-4+,11-8+/t12-,13-,14-,15+/m1/s1. The van der Waals surface area contributed by atoms with E-state index in [0.717, 1.165) is 25.7 Å². The van der Waals surface area contributed by atoms with Gasteiger partial charge in [-0.25, -0.2) is 0 Å². The van der Waals surface area contributed by atoms with Gasteiger partial charge in [-0.05, 0) is 45.6 Å². The number of hydrogen-bond acceptors (Lipinski definition) is 5. The number of nitrogens with two attached hydrogens (primary N) is 1. The second kappa shape index (κ2) is 8.02. The van der Waals surface area contributed by atoms with Gasteiger partial charge in [-0.15, -0.1) is 11.8 Å². The fraction of sp³-hybridized carbons (Fsp3) is 0.647. The normalized spacial score (nSPS) is 34.4. The van der Waals surface area contributed by atoms with Gasteiger partial charge in [0.1, 0.15) is 17.4 Å². The van der Waals surface area contributed by atoms with Crippen LogP contribution in [0.1, 0.15) is 39.5 Å². The molecule has 0 amide bonds. The zero-order valence-electron chi connectivity index (χ0n) is 13.7. The van der Waals surface area contributed by atoms with Crippen LogP contribution < -0.4 is 5.73 Å². The van der Waals surface area contributed by atoms with Crippen LogP contribution in [0.15, 0.2) is 23.3 Å². The summed E-state index contributed by atoms with van der Waals surface area (Å²) in [7, 11) is 0. The molecule has 1 heterocycles. The van der Waals surface area contributed by atoms with Crippen LogP contribution in [-0.4, -0.2) is 40.2 Å². The van der Waals surface area contributed by atoms with Crippen LogP contribution in [0.2, 0.25) is 0 Å². The molecule has 1 aliphatic heterocycles. The van der Waals surface area contributed by atoms with Crippen molar-refractivity contribution >= 4 is 23.7 Å². The zero-order chi connectivity index (χ0) is 17.0. The van der Waals surface area contributed by atoms with Crippen molar-refractivity contribution in [3.05, 3.63) is 23.3 Å². The van der Waals surface area contributed by atoms with Crippen LogP contribution in [0.5, 0.6) is 0 Å². The Labute approximate surface area is 141 Å². The van der Waals surface area contributed by atoms with Crippen molar-refractivity contribution in [1.82, 2.24) is 0 Å². The number of hydrogen-bond donors (Lipinski definition) is 2. The summed E-state index contributed by atoms with van der Waals surface area (Å²) < 4.78 is 5.56. The average molecular weight is 339 g/mol. The van der Waals surface area contributed by atoms with Crippen molar-refractivity contribution < 1.29 is 19.4 Å². The molecule has 1 aliphatic carbocycles. The van der Waals surface area contributed by atoms with Crippen LogP contribution >= 0.6 is 11.8 Å². The summed E-state index contributed by atoms with van der Waals surface area (Å²) in [5.74, 6) is -0.992. The Kier molecular flexibility index (Phi) is 6.30. The fourth-order valence-electron chi connectivity index (χ4n) is 2.99. The first kappa shape index (κ1) is 18.1. The van der Waals surface area contributed by atoms with Gasteiger partial charge in [-0.1, -0.05) is 17.2 Å². The van der Waals surface area contributed by atoms with Gasteiger partial charge in [0.05, 0.1) is 0 Å². The van der Waals surface area contributed by atoms with Crippen LogP contribution in [0.25, 0.3) is 0 Å². The first-order valence-corrected chi connectivity index (χ1v) is 9.06. The van der Waals surface area contributed by atoms with E-state index in [1.807, 2.05) is 0 Å². The highest BCUT2D eigenvalue weighted by Gasteiger charge is 2.43. The van der Waals surface area contributed by atoms with Crippen molar-refractivity contribution in [3.8, 4) is 0 Å². The molecule has 0 aromatic carbocycles. The van der Waals surface area contributed by atoms with Crippen molar-refractivity contribution in [2.45, 2.75) is 56.9 Å². The Morgan fingerprint density at radius 3 is 2.87 bits per heavy atom. The average Bonchev–Trinajstić information content (AvgIpc) is 2.77. The number of allylic oxidation sites excluding steroid dienone is 3. The lowest BCUT2D eigenvalue weighted by molar-refractivity contribution is -0.140. The summed E-state index contributed by atoms with van der Waals surface area (Å²) in [5, 5.41) is 8.57. The van der Waals surface area contributed by atoms with Gasteiger partial charge in [0.25, 0.3) is 0 Å². The third-order valence-corrected chi connectivity index (χ3v) is 5.87. The number of fused-ring (bicyclic) bond motifs is 1. The number of carboxylic acid groups (broad SMARTS) is 1. The third kappa shape index (κ3) is 4.85. The maximum atomic E-state index is 12.2. The monoisotopic (exact) mass is 339 g/mol. The highest BCUT2D eigenvalue weighted by Crippen LogP contribution is 2.38. The van der Waals surface area contributed by atoms with Crippen molar-refractivity contribution in [2.75, 3.05) is 5.75 Å². The number of ether oxygens (including phenoxy) is 1. The molecule has 6 heteroatoms. The number of esters is 1. The van der Waals surface area contributed by atoms with Gasteiger partial charge in [-0.3, -0.25) is 9.59 Å². The van der Waals surface area contributed by atoms with Crippen molar-refractivity contribution in [3.63, 3.8) is 0 Å². The Balaban J connectivity index is 2.12. The molecule has 0 spiro atoms. The molecule has 1 saturated heterocycles. The number of carbonyl (C=O) groups excluding carboxylic acids is 1. The molecule has 4 atom stereocenters. The lowest BCUT2D eigenvalue weighted by Crippen LogP contribution is -2.34. The molecule has 0 radical (unpaired) electrons. The molecule has 1 fully saturated rings. The number of aliphatic carboxylic acids is 1. The van der Waals surface area contributed by atoms with Gasteiger partial charge in [0.2, 0.25) is 0 Å². The van der Waals surface area contributed by atoms with E-state index in [-0.39, 0.29) is 29.0 Å². The molecule has 0 aromatic rings. The fourth-order valence-corrected chi connectivity index (χ4v) is 4.27. The van der Waals surface area contributed by atoms with Gasteiger partial charge in [0, 0.05) is 11.7 Å². The zero-order valence-corrected chi connectivity index (χ0v) is 14.5. The van der Waals surface area contributed by atoms with Gasteiger partial charge < -0.3 is 15.6 Å².